The standard InChI is InChI=1S/C16H26N2O3/c1-5-21-10-13-7-6-8-14(9-13)18-15(19)17-11-16(4,20)12(2)3/h6-9,12,20H,5,10-11H2,1-4H3,(H2,17,18,19). The fourth-order valence-electron chi connectivity index (χ4n) is 1.60. The molecule has 0 bridgehead atoms. The average Bonchev–Trinajstić information content (AvgIpc) is 2.43. The number of nitrogens with one attached hydrogen (secondary N) is 2. The Morgan fingerprint density at radius 1 is 1.43 bits per heavy atom. The van der Waals surface area contributed by atoms with Crippen LogP contribution < -0.4 is 10.6 Å². The maximum Gasteiger partial charge on any atom is 0.319 e. The van der Waals surface area contributed by atoms with E-state index in [0.717, 1.165) is 5.56 Å². The largest absolute Gasteiger partial charge is 0.388 e. The molecule has 0 radical (unpaired) electrons. The Labute approximate surface area is 126 Å². The molecule has 2 amide bonds. The molecule has 5 nitrogen and oxygen atoms in total. The highest BCUT2D eigenvalue weighted by atomic mass is 16.5. The number of hydrogen-bond acceptors (Lipinski definition) is 3. The minimum absolute atomic E-state index is 0.0623. The van der Waals surface area contributed by atoms with Crippen molar-refractivity contribution in [3.63, 3.8) is 0 Å². The van der Waals surface area contributed by atoms with Crippen LogP contribution in [-0.4, -0.2) is 29.9 Å². The van der Waals surface area contributed by atoms with Crippen LogP contribution in [0.25, 0.3) is 0 Å². The van der Waals surface area contributed by atoms with Gasteiger partial charge in [0.25, 0.3) is 0 Å². The van der Waals surface area contributed by atoms with Crippen molar-refractivity contribution >= 4 is 11.7 Å². The van der Waals surface area contributed by atoms with Crippen molar-refractivity contribution in [2.24, 2.45) is 5.92 Å². The molecule has 0 fully saturated rings. The van der Waals surface area contributed by atoms with Gasteiger partial charge in [0.15, 0.2) is 0 Å². The molecule has 3 N–H and O–H groups in total. The fourth-order valence-corrected chi connectivity index (χ4v) is 1.60. The zero-order valence-corrected chi connectivity index (χ0v) is 13.3. The van der Waals surface area contributed by atoms with Crippen LogP contribution in [0.3, 0.4) is 0 Å². The highest BCUT2D eigenvalue weighted by Crippen LogP contribution is 2.15. The molecule has 1 atom stereocenters. The number of anilines is 1. The van der Waals surface area contributed by atoms with Gasteiger partial charge in [-0.3, -0.25) is 0 Å². The molecule has 118 valence electrons. The summed E-state index contributed by atoms with van der Waals surface area (Å²) in [5.74, 6) is 0.0623. The van der Waals surface area contributed by atoms with E-state index >= 15 is 0 Å². The monoisotopic (exact) mass is 294 g/mol. The highest BCUT2D eigenvalue weighted by molar-refractivity contribution is 5.89. The molecule has 0 aromatic heterocycles. The summed E-state index contributed by atoms with van der Waals surface area (Å²) in [4.78, 5) is 11.8. The number of hydrogen-bond donors (Lipinski definition) is 3. The number of ether oxygens (including phenoxy) is 1. The summed E-state index contributed by atoms with van der Waals surface area (Å²) in [7, 11) is 0. The number of aliphatic hydroxyl groups is 1. The van der Waals surface area contributed by atoms with E-state index in [4.69, 9.17) is 4.74 Å². The molecule has 0 spiro atoms. The van der Waals surface area contributed by atoms with E-state index in [1.807, 2.05) is 45.0 Å². The second kappa shape index (κ2) is 8.00. The van der Waals surface area contributed by atoms with Gasteiger partial charge in [-0.1, -0.05) is 26.0 Å². The van der Waals surface area contributed by atoms with E-state index in [1.165, 1.54) is 0 Å². The summed E-state index contributed by atoms with van der Waals surface area (Å²) < 4.78 is 5.34. The van der Waals surface area contributed by atoms with Gasteiger partial charge in [0.2, 0.25) is 0 Å². The maximum absolute atomic E-state index is 11.8. The Kier molecular flexibility index (Phi) is 6.65. The lowest BCUT2D eigenvalue weighted by Gasteiger charge is -2.27. The van der Waals surface area contributed by atoms with E-state index in [9.17, 15) is 9.90 Å². The van der Waals surface area contributed by atoms with Crippen LogP contribution in [0.1, 0.15) is 33.3 Å². The molecule has 0 aliphatic heterocycles. The van der Waals surface area contributed by atoms with Crippen LogP contribution in [0.4, 0.5) is 10.5 Å². The van der Waals surface area contributed by atoms with Crippen LogP contribution in [0, 0.1) is 5.92 Å². The van der Waals surface area contributed by atoms with Crippen molar-refractivity contribution in [3.8, 4) is 0 Å². The van der Waals surface area contributed by atoms with Crippen LogP contribution in [-0.2, 0) is 11.3 Å². The van der Waals surface area contributed by atoms with Crippen LogP contribution >= 0.6 is 0 Å². The molecule has 0 aliphatic rings. The van der Waals surface area contributed by atoms with Crippen LogP contribution in [0.2, 0.25) is 0 Å². The van der Waals surface area contributed by atoms with Crippen molar-refractivity contribution in [1.82, 2.24) is 5.32 Å². The van der Waals surface area contributed by atoms with Gasteiger partial charge in [-0.15, -0.1) is 0 Å². The van der Waals surface area contributed by atoms with Gasteiger partial charge in [0, 0.05) is 18.8 Å². The third-order valence-corrected chi connectivity index (χ3v) is 3.51. The second-order valence-electron chi connectivity index (χ2n) is 5.66. The topological polar surface area (TPSA) is 70.6 Å². The van der Waals surface area contributed by atoms with Crippen molar-refractivity contribution in [1.29, 1.82) is 0 Å². The summed E-state index contributed by atoms with van der Waals surface area (Å²) in [5.41, 5.74) is 0.784. The smallest absolute Gasteiger partial charge is 0.319 e. The second-order valence-corrected chi connectivity index (χ2v) is 5.66. The first-order valence-corrected chi connectivity index (χ1v) is 7.29. The quantitative estimate of drug-likeness (QED) is 0.724. The van der Waals surface area contributed by atoms with Crippen LogP contribution in [0.15, 0.2) is 24.3 Å². The Morgan fingerprint density at radius 2 is 2.14 bits per heavy atom. The lowest BCUT2D eigenvalue weighted by atomic mass is 9.93. The molecule has 0 heterocycles. The number of carbonyl (C=O) groups is 1. The number of carbonyl (C=O) groups excluding carboxylic acids is 1. The Morgan fingerprint density at radius 3 is 2.76 bits per heavy atom. The molecular formula is C16H26N2O3. The highest BCUT2D eigenvalue weighted by Gasteiger charge is 2.25. The Bertz CT molecular complexity index is 459. The zero-order valence-electron chi connectivity index (χ0n) is 13.3. The first-order chi connectivity index (χ1) is 9.85. The fraction of sp³-hybridized carbons (Fsp3) is 0.562. The summed E-state index contributed by atoms with van der Waals surface area (Å²) >= 11 is 0. The molecule has 21 heavy (non-hydrogen) atoms. The van der Waals surface area contributed by atoms with E-state index in [1.54, 1.807) is 6.92 Å². The number of rotatable bonds is 7. The van der Waals surface area contributed by atoms with Gasteiger partial charge in [0.1, 0.15) is 0 Å². The summed E-state index contributed by atoms with van der Waals surface area (Å²) in [6.07, 6.45) is 0. The predicted octanol–water partition coefficient (Wildman–Crippen LogP) is 2.75. The SMILES string of the molecule is CCOCc1cccc(NC(=O)NCC(C)(O)C(C)C)c1. The lowest BCUT2D eigenvalue weighted by Crippen LogP contribution is -2.45. The molecule has 1 rings (SSSR count). The van der Waals surface area contributed by atoms with E-state index in [-0.39, 0.29) is 18.5 Å². The molecule has 0 saturated carbocycles. The first-order valence-electron chi connectivity index (χ1n) is 7.29. The van der Waals surface area contributed by atoms with Crippen molar-refractivity contribution in [3.05, 3.63) is 29.8 Å². The zero-order chi connectivity index (χ0) is 15.9. The minimum atomic E-state index is -0.922. The minimum Gasteiger partial charge on any atom is -0.388 e. The average molecular weight is 294 g/mol. The molecule has 1 aromatic rings. The van der Waals surface area contributed by atoms with Gasteiger partial charge >= 0.3 is 6.03 Å². The number of benzene rings is 1. The molecule has 0 aliphatic carbocycles. The third-order valence-electron chi connectivity index (χ3n) is 3.51. The van der Waals surface area contributed by atoms with Crippen LogP contribution in [0.5, 0.6) is 0 Å². The van der Waals surface area contributed by atoms with Gasteiger partial charge in [-0.05, 0) is 37.5 Å². The molecular weight excluding hydrogens is 268 g/mol. The van der Waals surface area contributed by atoms with E-state index in [0.29, 0.717) is 18.9 Å². The molecule has 1 aromatic carbocycles. The Balaban J connectivity index is 2.51. The number of amides is 2. The van der Waals surface area contributed by atoms with Gasteiger partial charge in [-0.2, -0.15) is 0 Å². The predicted molar refractivity (Wildman–Crippen MR) is 84.3 cm³/mol. The van der Waals surface area contributed by atoms with Crippen molar-refractivity contribution in [2.75, 3.05) is 18.5 Å². The lowest BCUT2D eigenvalue weighted by molar-refractivity contribution is 0.0170. The first kappa shape index (κ1) is 17.5. The summed E-state index contributed by atoms with van der Waals surface area (Å²) in [6.45, 7) is 8.86. The summed E-state index contributed by atoms with van der Waals surface area (Å²) in [5, 5.41) is 15.5. The molecule has 0 saturated heterocycles. The molecule has 5 heteroatoms. The van der Waals surface area contributed by atoms with Gasteiger partial charge in [0.05, 0.1) is 12.2 Å². The third kappa shape index (κ3) is 6.14. The van der Waals surface area contributed by atoms with Gasteiger partial charge < -0.3 is 20.5 Å². The summed E-state index contributed by atoms with van der Waals surface area (Å²) in [6, 6.07) is 7.17. The van der Waals surface area contributed by atoms with E-state index < -0.39 is 5.60 Å². The maximum atomic E-state index is 11.8. The van der Waals surface area contributed by atoms with Crippen molar-refractivity contribution in [2.45, 2.75) is 39.9 Å². The van der Waals surface area contributed by atoms with Crippen molar-refractivity contribution < 1.29 is 14.6 Å². The normalized spacial score (nSPS) is 13.8. The van der Waals surface area contributed by atoms with Gasteiger partial charge in [-0.25, -0.2) is 4.79 Å². The number of urea groups is 1. The Hall–Kier alpha value is -1.59. The van der Waals surface area contributed by atoms with E-state index in [2.05, 4.69) is 10.6 Å². The molecule has 1 unspecified atom stereocenters.